The average Bonchev–Trinajstić information content (AvgIpc) is 3.32. The van der Waals surface area contributed by atoms with Gasteiger partial charge in [0.15, 0.2) is 17.4 Å². The molecular weight excluding hydrogens is 416 g/mol. The summed E-state index contributed by atoms with van der Waals surface area (Å²) in [6.07, 6.45) is 0. The standard InChI is InChI=1S/C20H13F2N3O2S2/c1-9-3-5-12(18(22)17(9)21)13-8-28-20(16(13)10(2)26)23-19(27)11-4-6-15-14(7-11)24-25-29-15/h3-8H,1-2H3,(H,23,27). The summed E-state index contributed by atoms with van der Waals surface area (Å²) < 4.78 is 33.2. The van der Waals surface area contributed by atoms with Crippen molar-refractivity contribution < 1.29 is 18.4 Å². The monoisotopic (exact) mass is 429 g/mol. The van der Waals surface area contributed by atoms with Crippen molar-refractivity contribution in [3.8, 4) is 11.1 Å². The van der Waals surface area contributed by atoms with Crippen LogP contribution in [0.2, 0.25) is 0 Å². The smallest absolute Gasteiger partial charge is 0.256 e. The van der Waals surface area contributed by atoms with Crippen LogP contribution >= 0.6 is 22.9 Å². The second-order valence-corrected chi connectivity index (χ2v) is 8.04. The van der Waals surface area contributed by atoms with E-state index in [0.29, 0.717) is 11.1 Å². The minimum absolute atomic E-state index is 0.0231. The summed E-state index contributed by atoms with van der Waals surface area (Å²) in [6.45, 7) is 2.78. The number of carbonyl (C=O) groups excluding carboxylic acids is 2. The third-order valence-corrected chi connectivity index (χ3v) is 6.05. The molecule has 2 heterocycles. The van der Waals surface area contributed by atoms with Gasteiger partial charge in [0.25, 0.3) is 5.91 Å². The molecule has 2 aromatic carbocycles. The number of thiophene rings is 1. The quantitative estimate of drug-likeness (QED) is 0.437. The molecular formula is C20H13F2N3O2S2. The minimum Gasteiger partial charge on any atom is -0.313 e. The van der Waals surface area contributed by atoms with Crippen LogP contribution in [0.25, 0.3) is 21.3 Å². The van der Waals surface area contributed by atoms with E-state index in [1.165, 1.54) is 42.9 Å². The Labute approximate surface area is 172 Å². The molecule has 0 bridgehead atoms. The Kier molecular flexibility index (Phi) is 4.93. The molecule has 4 aromatic rings. The number of rotatable bonds is 4. The van der Waals surface area contributed by atoms with E-state index in [-0.39, 0.29) is 33.0 Å². The average molecular weight is 429 g/mol. The molecule has 4 rings (SSSR count). The molecule has 0 aliphatic heterocycles. The number of aryl methyl sites for hydroxylation is 1. The number of hydrogen-bond acceptors (Lipinski definition) is 6. The number of fused-ring (bicyclic) bond motifs is 1. The first-order valence-electron chi connectivity index (χ1n) is 8.47. The van der Waals surface area contributed by atoms with Gasteiger partial charge in [-0.15, -0.1) is 16.4 Å². The molecule has 0 atom stereocenters. The van der Waals surface area contributed by atoms with E-state index in [4.69, 9.17) is 0 Å². The Hall–Kier alpha value is -3.04. The van der Waals surface area contributed by atoms with E-state index in [0.717, 1.165) is 16.0 Å². The summed E-state index contributed by atoms with van der Waals surface area (Å²) in [5.74, 6) is -2.79. The maximum atomic E-state index is 14.5. The Morgan fingerprint density at radius 1 is 1.07 bits per heavy atom. The highest BCUT2D eigenvalue weighted by molar-refractivity contribution is 7.15. The molecule has 0 radical (unpaired) electrons. The lowest BCUT2D eigenvalue weighted by Crippen LogP contribution is -2.13. The summed E-state index contributed by atoms with van der Waals surface area (Å²) in [7, 11) is 0. The Morgan fingerprint density at radius 2 is 1.86 bits per heavy atom. The number of ketones is 1. The van der Waals surface area contributed by atoms with Crippen LogP contribution in [-0.4, -0.2) is 21.3 Å². The molecule has 0 fully saturated rings. The topological polar surface area (TPSA) is 72.0 Å². The number of carbonyl (C=O) groups is 2. The van der Waals surface area contributed by atoms with Crippen LogP contribution in [0.3, 0.4) is 0 Å². The molecule has 0 saturated heterocycles. The van der Waals surface area contributed by atoms with Crippen molar-refractivity contribution in [1.29, 1.82) is 0 Å². The Balaban J connectivity index is 1.72. The zero-order valence-electron chi connectivity index (χ0n) is 15.2. The molecule has 1 N–H and O–H groups in total. The van der Waals surface area contributed by atoms with Gasteiger partial charge >= 0.3 is 0 Å². The van der Waals surface area contributed by atoms with E-state index in [1.807, 2.05) is 0 Å². The number of amides is 1. The predicted molar refractivity (Wildman–Crippen MR) is 110 cm³/mol. The number of nitrogens with one attached hydrogen (secondary N) is 1. The Morgan fingerprint density at radius 3 is 2.62 bits per heavy atom. The van der Waals surface area contributed by atoms with Gasteiger partial charge in [-0.2, -0.15) is 0 Å². The second kappa shape index (κ2) is 7.41. The van der Waals surface area contributed by atoms with Gasteiger partial charge in [-0.05, 0) is 49.1 Å². The molecule has 9 heteroatoms. The molecule has 1 amide bonds. The first kappa shape index (κ1) is 19.3. The molecule has 0 saturated carbocycles. The molecule has 5 nitrogen and oxygen atoms in total. The van der Waals surface area contributed by atoms with E-state index in [2.05, 4.69) is 14.9 Å². The van der Waals surface area contributed by atoms with Gasteiger partial charge in [-0.3, -0.25) is 9.59 Å². The van der Waals surface area contributed by atoms with Crippen molar-refractivity contribution >= 4 is 49.8 Å². The molecule has 0 unspecified atom stereocenters. The second-order valence-electron chi connectivity index (χ2n) is 6.38. The van der Waals surface area contributed by atoms with Crippen molar-refractivity contribution in [2.75, 3.05) is 5.32 Å². The SMILES string of the molecule is CC(=O)c1c(-c2ccc(C)c(F)c2F)csc1NC(=O)c1ccc2snnc2c1. The summed E-state index contributed by atoms with van der Waals surface area (Å²) in [4.78, 5) is 24.9. The highest BCUT2D eigenvalue weighted by atomic mass is 32.1. The van der Waals surface area contributed by atoms with Crippen molar-refractivity contribution in [1.82, 2.24) is 9.59 Å². The summed E-state index contributed by atoms with van der Waals surface area (Å²) in [5.41, 5.74) is 1.48. The summed E-state index contributed by atoms with van der Waals surface area (Å²) in [6, 6.07) is 7.85. The maximum absolute atomic E-state index is 14.5. The number of halogens is 2. The number of aromatic nitrogens is 2. The van der Waals surface area contributed by atoms with Crippen LogP contribution in [0.4, 0.5) is 13.8 Å². The third-order valence-electron chi connectivity index (χ3n) is 4.44. The molecule has 2 aromatic heterocycles. The third kappa shape index (κ3) is 3.43. The van der Waals surface area contributed by atoms with Gasteiger partial charge in [-0.1, -0.05) is 16.6 Å². The van der Waals surface area contributed by atoms with Crippen LogP contribution in [0.5, 0.6) is 0 Å². The van der Waals surface area contributed by atoms with Crippen LogP contribution in [-0.2, 0) is 0 Å². The van der Waals surface area contributed by atoms with Crippen molar-refractivity contribution in [2.24, 2.45) is 0 Å². The van der Waals surface area contributed by atoms with Gasteiger partial charge in [0, 0.05) is 22.1 Å². The van der Waals surface area contributed by atoms with Crippen LogP contribution in [0.1, 0.15) is 33.2 Å². The summed E-state index contributed by atoms with van der Waals surface area (Å²) >= 11 is 2.30. The van der Waals surface area contributed by atoms with Gasteiger partial charge in [0.1, 0.15) is 10.5 Å². The normalized spacial score (nSPS) is 11.0. The van der Waals surface area contributed by atoms with Crippen LogP contribution in [0.15, 0.2) is 35.7 Å². The van der Waals surface area contributed by atoms with Crippen molar-refractivity contribution in [2.45, 2.75) is 13.8 Å². The van der Waals surface area contributed by atoms with Crippen molar-refractivity contribution in [3.05, 3.63) is 64.0 Å². The fourth-order valence-electron chi connectivity index (χ4n) is 2.95. The van der Waals surface area contributed by atoms with E-state index < -0.39 is 17.5 Å². The molecule has 0 spiro atoms. The lowest BCUT2D eigenvalue weighted by Gasteiger charge is -2.09. The number of hydrogen-bond donors (Lipinski definition) is 1. The predicted octanol–water partition coefficient (Wildman–Crippen LogP) is 5.46. The fraction of sp³-hybridized carbons (Fsp3) is 0.100. The first-order valence-corrected chi connectivity index (χ1v) is 10.1. The van der Waals surface area contributed by atoms with E-state index in [1.54, 1.807) is 18.2 Å². The van der Waals surface area contributed by atoms with Crippen LogP contribution in [0, 0.1) is 18.6 Å². The highest BCUT2D eigenvalue weighted by Crippen LogP contribution is 2.38. The number of anilines is 1. The first-order chi connectivity index (χ1) is 13.9. The molecule has 29 heavy (non-hydrogen) atoms. The zero-order chi connectivity index (χ0) is 20.7. The van der Waals surface area contributed by atoms with E-state index >= 15 is 0 Å². The van der Waals surface area contributed by atoms with Gasteiger partial charge in [-0.25, -0.2) is 8.78 Å². The lowest BCUT2D eigenvalue weighted by atomic mass is 9.99. The zero-order valence-corrected chi connectivity index (χ0v) is 16.9. The number of Topliss-reactive ketones (excluding diaryl/α,β-unsaturated/α-hetero) is 1. The largest absolute Gasteiger partial charge is 0.313 e. The molecule has 146 valence electrons. The van der Waals surface area contributed by atoms with Gasteiger partial charge in [0.05, 0.1) is 10.3 Å². The summed E-state index contributed by atoms with van der Waals surface area (Å²) in [5, 5.41) is 8.45. The Bertz CT molecular complexity index is 1280. The number of nitrogens with zero attached hydrogens (tertiary/aromatic N) is 2. The van der Waals surface area contributed by atoms with Gasteiger partial charge < -0.3 is 5.32 Å². The highest BCUT2D eigenvalue weighted by Gasteiger charge is 2.23. The lowest BCUT2D eigenvalue weighted by molar-refractivity contribution is 0.101. The van der Waals surface area contributed by atoms with Crippen molar-refractivity contribution in [3.63, 3.8) is 0 Å². The maximum Gasteiger partial charge on any atom is 0.256 e. The fourth-order valence-corrected chi connectivity index (χ4v) is 4.49. The molecule has 0 aliphatic rings. The minimum atomic E-state index is -1.02. The van der Waals surface area contributed by atoms with Gasteiger partial charge in [0.2, 0.25) is 0 Å². The number of benzene rings is 2. The van der Waals surface area contributed by atoms with Crippen LogP contribution < -0.4 is 5.32 Å². The van der Waals surface area contributed by atoms with E-state index in [9.17, 15) is 18.4 Å². The molecule has 0 aliphatic carbocycles.